The van der Waals surface area contributed by atoms with Crippen molar-refractivity contribution in [2.75, 3.05) is 5.33 Å². The van der Waals surface area contributed by atoms with Gasteiger partial charge in [-0.05, 0) is 36.1 Å². The minimum Gasteiger partial charge on any atom is -0.276 e. The third-order valence-electron chi connectivity index (χ3n) is 2.73. The summed E-state index contributed by atoms with van der Waals surface area (Å²) in [5, 5.41) is 5.15. The van der Waals surface area contributed by atoms with E-state index in [1.807, 2.05) is 25.4 Å². The molecule has 0 saturated carbocycles. The predicted molar refractivity (Wildman–Crippen MR) is 69.8 cm³/mol. The van der Waals surface area contributed by atoms with Gasteiger partial charge in [0.2, 0.25) is 0 Å². The Hall–Kier alpha value is -1.16. The number of halogens is 2. The van der Waals surface area contributed by atoms with Crippen molar-refractivity contribution in [1.82, 2.24) is 9.78 Å². The van der Waals surface area contributed by atoms with Gasteiger partial charge in [0, 0.05) is 18.6 Å². The lowest BCUT2D eigenvalue weighted by molar-refractivity contribution is 0.620. The van der Waals surface area contributed by atoms with Crippen LogP contribution in [0.1, 0.15) is 17.2 Å². The van der Waals surface area contributed by atoms with Gasteiger partial charge in [-0.1, -0.05) is 28.1 Å². The Morgan fingerprint density at radius 3 is 2.82 bits per heavy atom. The molecule has 17 heavy (non-hydrogen) atoms. The van der Waals surface area contributed by atoms with Gasteiger partial charge in [0.1, 0.15) is 5.82 Å². The SMILES string of the molecule is Cn1ccc(CC(CBr)c2cccc(F)c2)n1. The average molecular weight is 297 g/mol. The first kappa shape index (κ1) is 12.3. The molecule has 4 heteroatoms. The number of benzene rings is 1. The third-order valence-corrected chi connectivity index (χ3v) is 3.51. The molecule has 90 valence electrons. The molecule has 0 fully saturated rings. The summed E-state index contributed by atoms with van der Waals surface area (Å²) < 4.78 is 15.0. The van der Waals surface area contributed by atoms with Crippen LogP contribution in [-0.2, 0) is 13.5 Å². The second-order valence-electron chi connectivity index (χ2n) is 4.09. The molecule has 1 aromatic carbocycles. The smallest absolute Gasteiger partial charge is 0.123 e. The molecule has 0 bridgehead atoms. The fourth-order valence-corrected chi connectivity index (χ4v) is 2.45. The number of hydrogen-bond donors (Lipinski definition) is 0. The van der Waals surface area contributed by atoms with E-state index in [4.69, 9.17) is 0 Å². The van der Waals surface area contributed by atoms with E-state index >= 15 is 0 Å². The minimum absolute atomic E-state index is 0.186. The lowest BCUT2D eigenvalue weighted by atomic mass is 9.96. The first-order chi connectivity index (χ1) is 8.19. The monoisotopic (exact) mass is 296 g/mol. The normalized spacial score (nSPS) is 12.6. The quantitative estimate of drug-likeness (QED) is 0.792. The predicted octanol–water partition coefficient (Wildman–Crippen LogP) is 3.28. The highest BCUT2D eigenvalue weighted by atomic mass is 79.9. The molecule has 0 N–H and O–H groups in total. The van der Waals surface area contributed by atoms with Crippen LogP contribution in [0, 0.1) is 5.82 Å². The maximum absolute atomic E-state index is 13.2. The van der Waals surface area contributed by atoms with Gasteiger partial charge in [0.15, 0.2) is 0 Å². The molecule has 0 radical (unpaired) electrons. The number of aromatic nitrogens is 2. The number of rotatable bonds is 4. The second kappa shape index (κ2) is 5.45. The Labute approximate surface area is 109 Å². The Morgan fingerprint density at radius 1 is 1.41 bits per heavy atom. The van der Waals surface area contributed by atoms with Crippen LogP contribution in [0.15, 0.2) is 36.5 Å². The largest absolute Gasteiger partial charge is 0.276 e. The molecule has 1 unspecified atom stereocenters. The van der Waals surface area contributed by atoms with E-state index in [2.05, 4.69) is 21.0 Å². The molecule has 0 aliphatic heterocycles. The highest BCUT2D eigenvalue weighted by molar-refractivity contribution is 9.09. The molecule has 2 aromatic rings. The van der Waals surface area contributed by atoms with Gasteiger partial charge < -0.3 is 0 Å². The second-order valence-corrected chi connectivity index (χ2v) is 4.74. The zero-order chi connectivity index (χ0) is 12.3. The fraction of sp³-hybridized carbons (Fsp3) is 0.308. The highest BCUT2D eigenvalue weighted by Crippen LogP contribution is 2.23. The van der Waals surface area contributed by atoms with Crippen molar-refractivity contribution in [3.8, 4) is 0 Å². The Kier molecular flexibility index (Phi) is 3.94. The highest BCUT2D eigenvalue weighted by Gasteiger charge is 2.13. The zero-order valence-corrected chi connectivity index (χ0v) is 11.2. The number of hydrogen-bond acceptors (Lipinski definition) is 1. The number of nitrogens with zero attached hydrogens (tertiary/aromatic N) is 2. The number of alkyl halides is 1. The van der Waals surface area contributed by atoms with Gasteiger partial charge in [0.25, 0.3) is 0 Å². The van der Waals surface area contributed by atoms with Gasteiger partial charge in [-0.25, -0.2) is 4.39 Å². The van der Waals surface area contributed by atoms with E-state index in [9.17, 15) is 4.39 Å². The summed E-state index contributed by atoms with van der Waals surface area (Å²) in [5.41, 5.74) is 2.04. The molecule has 0 saturated heterocycles. The molecular formula is C13H14BrFN2. The van der Waals surface area contributed by atoms with Crippen molar-refractivity contribution in [2.45, 2.75) is 12.3 Å². The van der Waals surface area contributed by atoms with Crippen LogP contribution in [0.4, 0.5) is 4.39 Å². The molecular weight excluding hydrogens is 283 g/mol. The Bertz CT molecular complexity index is 496. The summed E-state index contributed by atoms with van der Waals surface area (Å²) in [6.45, 7) is 0. The van der Waals surface area contributed by atoms with Gasteiger partial charge in [-0.3, -0.25) is 4.68 Å². The maximum Gasteiger partial charge on any atom is 0.123 e. The lowest BCUT2D eigenvalue weighted by Crippen LogP contribution is -2.06. The molecule has 0 spiro atoms. The van der Waals surface area contributed by atoms with Crippen LogP contribution >= 0.6 is 15.9 Å². The summed E-state index contributed by atoms with van der Waals surface area (Å²) in [4.78, 5) is 0. The van der Waals surface area contributed by atoms with Crippen LogP contribution in [0.5, 0.6) is 0 Å². The maximum atomic E-state index is 13.2. The van der Waals surface area contributed by atoms with Gasteiger partial charge in [-0.2, -0.15) is 5.10 Å². The third kappa shape index (κ3) is 3.16. The molecule has 0 aliphatic carbocycles. The fourth-order valence-electron chi connectivity index (χ4n) is 1.85. The summed E-state index contributed by atoms with van der Waals surface area (Å²) >= 11 is 3.48. The summed E-state index contributed by atoms with van der Waals surface area (Å²) in [7, 11) is 1.90. The van der Waals surface area contributed by atoms with Gasteiger partial charge in [0.05, 0.1) is 5.69 Å². The first-order valence-corrected chi connectivity index (χ1v) is 6.61. The lowest BCUT2D eigenvalue weighted by Gasteiger charge is -2.13. The van der Waals surface area contributed by atoms with Crippen LogP contribution < -0.4 is 0 Å². The first-order valence-electron chi connectivity index (χ1n) is 5.49. The van der Waals surface area contributed by atoms with Crippen molar-refractivity contribution in [3.63, 3.8) is 0 Å². The standard InChI is InChI=1S/C13H14BrFN2/c1-17-6-5-13(16-17)8-11(9-14)10-3-2-4-12(15)7-10/h2-7,11H,8-9H2,1H3. The minimum atomic E-state index is -0.186. The summed E-state index contributed by atoms with van der Waals surface area (Å²) in [6, 6.07) is 8.76. The van der Waals surface area contributed by atoms with Crippen molar-refractivity contribution in [3.05, 3.63) is 53.6 Å². The van der Waals surface area contributed by atoms with Crippen molar-refractivity contribution in [1.29, 1.82) is 0 Å². The summed E-state index contributed by atoms with van der Waals surface area (Å²) in [6.07, 6.45) is 2.74. The van der Waals surface area contributed by atoms with Crippen LogP contribution in [-0.4, -0.2) is 15.1 Å². The van der Waals surface area contributed by atoms with Crippen molar-refractivity contribution in [2.24, 2.45) is 7.05 Å². The van der Waals surface area contributed by atoms with E-state index in [1.165, 1.54) is 6.07 Å². The van der Waals surface area contributed by atoms with Crippen LogP contribution in [0.2, 0.25) is 0 Å². The molecule has 0 amide bonds. The summed E-state index contributed by atoms with van der Waals surface area (Å²) in [5.74, 6) is 0.0649. The Morgan fingerprint density at radius 2 is 2.24 bits per heavy atom. The van der Waals surface area contributed by atoms with Crippen LogP contribution in [0.3, 0.4) is 0 Å². The van der Waals surface area contributed by atoms with Crippen molar-refractivity contribution >= 4 is 15.9 Å². The van der Waals surface area contributed by atoms with E-state index in [0.717, 1.165) is 23.0 Å². The Balaban J connectivity index is 2.16. The zero-order valence-electron chi connectivity index (χ0n) is 9.61. The van der Waals surface area contributed by atoms with E-state index in [-0.39, 0.29) is 11.7 Å². The number of aryl methyl sites for hydroxylation is 1. The van der Waals surface area contributed by atoms with E-state index in [0.29, 0.717) is 0 Å². The molecule has 0 aliphatic rings. The van der Waals surface area contributed by atoms with E-state index in [1.54, 1.807) is 16.8 Å². The average Bonchev–Trinajstić information content (AvgIpc) is 2.72. The molecule has 1 atom stereocenters. The molecule has 1 heterocycles. The van der Waals surface area contributed by atoms with Gasteiger partial charge >= 0.3 is 0 Å². The van der Waals surface area contributed by atoms with Crippen molar-refractivity contribution < 1.29 is 4.39 Å². The van der Waals surface area contributed by atoms with Gasteiger partial charge in [-0.15, -0.1) is 0 Å². The van der Waals surface area contributed by atoms with Crippen LogP contribution in [0.25, 0.3) is 0 Å². The van der Waals surface area contributed by atoms with E-state index < -0.39 is 0 Å². The molecule has 1 aromatic heterocycles. The topological polar surface area (TPSA) is 17.8 Å². The molecule has 2 rings (SSSR count). The molecule has 2 nitrogen and oxygen atoms in total.